The molecule has 4 nitrogen and oxygen atoms in total. The Morgan fingerprint density at radius 3 is 2.82 bits per heavy atom. The fraction of sp³-hybridized carbons (Fsp3) is 0.600. The third kappa shape index (κ3) is 2.26. The average Bonchev–Trinajstić information content (AvgIpc) is 1.97. The predicted molar refractivity (Wildman–Crippen MR) is 45.2 cm³/mol. The molecule has 11 heavy (non-hydrogen) atoms. The highest BCUT2D eigenvalue weighted by molar-refractivity contribution is 8.03. The van der Waals surface area contributed by atoms with Gasteiger partial charge in [0.25, 0.3) is 0 Å². The Hall–Kier alpha value is -0.440. The molecule has 2 unspecified atom stereocenters. The summed E-state index contributed by atoms with van der Waals surface area (Å²) in [5, 5.41) is 12.6. The van der Waals surface area contributed by atoms with Crippen LogP contribution in [0.4, 0.5) is 0 Å². The third-order valence-corrected chi connectivity index (χ3v) is 2.05. The van der Waals surface area contributed by atoms with Gasteiger partial charge in [-0.1, -0.05) is 0 Å². The number of thiocyanates is 1. The largest absolute Gasteiger partial charge is 0.349 e. The van der Waals surface area contributed by atoms with Crippen LogP contribution < -0.4 is 11.1 Å². The first-order valence-corrected chi connectivity index (χ1v) is 3.81. The van der Waals surface area contributed by atoms with E-state index in [2.05, 4.69) is 5.32 Å². The quantitative estimate of drug-likeness (QED) is 0.456. The first-order chi connectivity index (χ1) is 4.75. The maximum absolute atomic E-state index is 10.5. The molecule has 0 aromatic heterocycles. The van der Waals surface area contributed by atoms with Crippen LogP contribution in [-0.2, 0) is 4.79 Å². The summed E-state index contributed by atoms with van der Waals surface area (Å²) in [7, 11) is 0. The Morgan fingerprint density at radius 2 is 2.45 bits per heavy atom. The molecule has 6 heteroatoms. The van der Waals surface area contributed by atoms with E-state index < -0.39 is 6.04 Å². The van der Waals surface area contributed by atoms with E-state index >= 15 is 0 Å². The van der Waals surface area contributed by atoms with Crippen molar-refractivity contribution in [1.29, 1.82) is 5.26 Å². The van der Waals surface area contributed by atoms with Crippen molar-refractivity contribution in [1.82, 2.24) is 5.32 Å². The molecule has 0 saturated carbocycles. The number of nitrogens with one attached hydrogen (secondary N) is 1. The summed E-state index contributed by atoms with van der Waals surface area (Å²) in [6, 6.07) is -0.405. The number of halogens is 1. The van der Waals surface area contributed by atoms with Crippen LogP contribution in [0.2, 0.25) is 0 Å². The number of carbonyl (C=O) groups is 1. The van der Waals surface area contributed by atoms with E-state index in [0.717, 1.165) is 11.8 Å². The lowest BCUT2D eigenvalue weighted by atomic mass is 10.0. The van der Waals surface area contributed by atoms with Gasteiger partial charge < -0.3 is 11.1 Å². The van der Waals surface area contributed by atoms with Crippen LogP contribution in [0.1, 0.15) is 0 Å². The average molecular weight is 194 g/mol. The monoisotopic (exact) mass is 193 g/mol. The highest BCUT2D eigenvalue weighted by atomic mass is 35.5. The molecule has 1 fully saturated rings. The first kappa shape index (κ1) is 10.6. The van der Waals surface area contributed by atoms with Crippen molar-refractivity contribution >= 4 is 30.1 Å². The fourth-order valence-electron chi connectivity index (χ4n) is 0.728. The number of nitriles is 1. The highest BCUT2D eigenvalue weighted by Crippen LogP contribution is 2.09. The zero-order valence-electron chi connectivity index (χ0n) is 5.61. The number of nitrogens with two attached hydrogens (primary N) is 1. The van der Waals surface area contributed by atoms with Gasteiger partial charge in [-0.25, -0.2) is 0 Å². The van der Waals surface area contributed by atoms with Gasteiger partial charge >= 0.3 is 0 Å². The topological polar surface area (TPSA) is 78.9 Å². The van der Waals surface area contributed by atoms with Crippen LogP contribution in [-0.4, -0.2) is 23.7 Å². The molecule has 1 amide bonds. The lowest BCUT2D eigenvalue weighted by Gasteiger charge is -2.32. The van der Waals surface area contributed by atoms with Crippen LogP contribution in [0.3, 0.4) is 0 Å². The highest BCUT2D eigenvalue weighted by Gasteiger charge is 2.35. The van der Waals surface area contributed by atoms with Crippen LogP contribution in [0, 0.1) is 10.7 Å². The second-order valence-corrected chi connectivity index (χ2v) is 2.85. The molecule has 62 valence electrons. The second-order valence-electron chi connectivity index (χ2n) is 2.04. The SMILES string of the molecule is Cl.N#CSCC1NC(=O)C1N. The number of amides is 1. The van der Waals surface area contributed by atoms with Crippen LogP contribution in [0.15, 0.2) is 0 Å². The zero-order chi connectivity index (χ0) is 7.56. The van der Waals surface area contributed by atoms with E-state index in [1.165, 1.54) is 0 Å². The summed E-state index contributed by atoms with van der Waals surface area (Å²) in [5.41, 5.74) is 5.37. The maximum Gasteiger partial charge on any atom is 0.239 e. The molecule has 0 aromatic rings. The molecule has 3 N–H and O–H groups in total. The second kappa shape index (κ2) is 4.44. The van der Waals surface area contributed by atoms with Crippen molar-refractivity contribution in [3.63, 3.8) is 0 Å². The summed E-state index contributed by atoms with van der Waals surface area (Å²) in [6.45, 7) is 0. The predicted octanol–water partition coefficient (Wildman–Crippen LogP) is -0.552. The van der Waals surface area contributed by atoms with Gasteiger partial charge in [-0.15, -0.1) is 12.4 Å². The summed E-state index contributed by atoms with van der Waals surface area (Å²) in [5.74, 6) is 0.465. The van der Waals surface area contributed by atoms with Crippen LogP contribution in [0.25, 0.3) is 0 Å². The van der Waals surface area contributed by atoms with Gasteiger partial charge in [0, 0.05) is 5.75 Å². The van der Waals surface area contributed by atoms with Crippen molar-refractivity contribution in [2.24, 2.45) is 5.73 Å². The van der Waals surface area contributed by atoms with Gasteiger partial charge in [0.2, 0.25) is 5.91 Å². The standard InChI is InChI=1S/C5H7N3OS.ClH/c6-2-10-1-3-4(7)5(9)8-3;/h3-4H,1,7H2,(H,8,9);1H. The molecule has 1 rings (SSSR count). The Balaban J connectivity index is 0.000001000. The Kier molecular flexibility index (Phi) is 4.26. The van der Waals surface area contributed by atoms with Gasteiger partial charge in [0.1, 0.15) is 11.4 Å². The van der Waals surface area contributed by atoms with E-state index in [1.807, 2.05) is 5.40 Å². The van der Waals surface area contributed by atoms with E-state index in [-0.39, 0.29) is 24.4 Å². The molecule has 0 aliphatic carbocycles. The van der Waals surface area contributed by atoms with E-state index in [1.54, 1.807) is 0 Å². The lowest BCUT2D eigenvalue weighted by molar-refractivity contribution is -0.129. The van der Waals surface area contributed by atoms with Gasteiger partial charge in [-0.3, -0.25) is 4.79 Å². The Bertz CT molecular complexity index is 193. The van der Waals surface area contributed by atoms with E-state index in [9.17, 15) is 4.79 Å². The zero-order valence-corrected chi connectivity index (χ0v) is 7.24. The van der Waals surface area contributed by atoms with Crippen molar-refractivity contribution in [3.05, 3.63) is 0 Å². The molecule has 0 aromatic carbocycles. The van der Waals surface area contributed by atoms with Crippen molar-refractivity contribution in [3.8, 4) is 5.40 Å². The third-order valence-electron chi connectivity index (χ3n) is 1.39. The van der Waals surface area contributed by atoms with E-state index in [0.29, 0.717) is 5.75 Å². The Labute approximate surface area is 74.9 Å². The molecule has 0 spiro atoms. The molecule has 1 aliphatic rings. The summed E-state index contributed by atoms with van der Waals surface area (Å²) >= 11 is 1.11. The number of β-lactam (4-membered cyclic amide) rings is 1. The van der Waals surface area contributed by atoms with Crippen molar-refractivity contribution in [2.45, 2.75) is 12.1 Å². The summed E-state index contributed by atoms with van der Waals surface area (Å²) in [4.78, 5) is 10.5. The van der Waals surface area contributed by atoms with Crippen molar-refractivity contribution in [2.75, 3.05) is 5.75 Å². The summed E-state index contributed by atoms with van der Waals surface area (Å²) in [6.07, 6.45) is 0. The molecule has 0 bridgehead atoms. The normalized spacial score (nSPS) is 27.5. The first-order valence-electron chi connectivity index (χ1n) is 2.82. The number of carbonyl (C=O) groups excluding carboxylic acids is 1. The molecular formula is C5H8ClN3OS. The lowest BCUT2D eigenvalue weighted by Crippen LogP contribution is -2.67. The summed E-state index contributed by atoms with van der Waals surface area (Å²) < 4.78 is 0. The number of rotatable bonds is 2. The number of hydrogen-bond donors (Lipinski definition) is 2. The van der Waals surface area contributed by atoms with Crippen molar-refractivity contribution < 1.29 is 4.79 Å². The number of thioether (sulfide) groups is 1. The molecule has 1 heterocycles. The number of hydrogen-bond acceptors (Lipinski definition) is 4. The molecule has 1 aliphatic heterocycles. The molecule has 0 radical (unpaired) electrons. The number of nitrogens with zero attached hydrogens (tertiary/aromatic N) is 1. The molecular weight excluding hydrogens is 186 g/mol. The van der Waals surface area contributed by atoms with E-state index in [4.69, 9.17) is 11.0 Å². The molecule has 2 atom stereocenters. The van der Waals surface area contributed by atoms with Crippen LogP contribution >= 0.6 is 24.2 Å². The minimum atomic E-state index is -0.402. The van der Waals surface area contributed by atoms with Gasteiger partial charge in [0.05, 0.1) is 6.04 Å². The van der Waals surface area contributed by atoms with Gasteiger partial charge in [-0.2, -0.15) is 5.26 Å². The molecule has 1 saturated heterocycles. The van der Waals surface area contributed by atoms with Gasteiger partial charge in [0.15, 0.2) is 0 Å². The van der Waals surface area contributed by atoms with Gasteiger partial charge in [-0.05, 0) is 11.8 Å². The fourth-order valence-corrected chi connectivity index (χ4v) is 1.27. The Morgan fingerprint density at radius 1 is 1.82 bits per heavy atom. The minimum absolute atomic E-state index is 0. The maximum atomic E-state index is 10.5. The van der Waals surface area contributed by atoms with Crippen LogP contribution in [0.5, 0.6) is 0 Å². The smallest absolute Gasteiger partial charge is 0.239 e. The minimum Gasteiger partial charge on any atom is -0.349 e.